The number of pyridine rings is 1. The number of nitrogens with one attached hydrogen (secondary N) is 1. The van der Waals surface area contributed by atoms with Crippen molar-refractivity contribution in [1.29, 1.82) is 0 Å². The Hall–Kier alpha value is -3.72. The summed E-state index contributed by atoms with van der Waals surface area (Å²) in [6, 6.07) is 19.7. The summed E-state index contributed by atoms with van der Waals surface area (Å²) in [7, 11) is -3.98. The van der Waals surface area contributed by atoms with Crippen LogP contribution in [0.4, 0.5) is 5.69 Å². The number of amides is 1. The number of ether oxygens (including phenoxy) is 1. The maximum Gasteiger partial charge on any atom is 0.264 e. The molecule has 31 heavy (non-hydrogen) atoms. The van der Waals surface area contributed by atoms with E-state index >= 15 is 0 Å². The second-order valence-electron chi connectivity index (χ2n) is 6.30. The van der Waals surface area contributed by atoms with Crippen molar-refractivity contribution in [2.45, 2.75) is 11.8 Å². The molecule has 1 N–H and O–H groups in total. The summed E-state index contributed by atoms with van der Waals surface area (Å²) in [6.07, 6.45) is 2.98. The largest absolute Gasteiger partial charge is 0.494 e. The third-order valence-corrected chi connectivity index (χ3v) is 5.92. The van der Waals surface area contributed by atoms with Gasteiger partial charge in [-0.1, -0.05) is 24.3 Å². The van der Waals surface area contributed by atoms with Crippen LogP contribution in [0.15, 0.2) is 89.0 Å². The van der Waals surface area contributed by atoms with Gasteiger partial charge in [0, 0.05) is 6.20 Å². The Kier molecular flexibility index (Phi) is 7.34. The number of sulfonamides is 1. The fourth-order valence-corrected chi connectivity index (χ4v) is 4.14. The molecule has 0 aliphatic carbocycles. The number of rotatable bonds is 9. The van der Waals surface area contributed by atoms with Crippen molar-refractivity contribution in [1.82, 2.24) is 10.4 Å². The molecule has 0 radical (unpaired) electrons. The van der Waals surface area contributed by atoms with Crippen LogP contribution in [0.25, 0.3) is 0 Å². The SMILES string of the molecule is CCOc1ccc(N(CC(=O)N/N=C/c2ccccn2)S(=O)(=O)c2ccccc2)cc1. The number of hydrogen-bond acceptors (Lipinski definition) is 6. The summed E-state index contributed by atoms with van der Waals surface area (Å²) in [6.45, 7) is 1.89. The lowest BCUT2D eigenvalue weighted by Crippen LogP contribution is -2.39. The molecule has 1 heterocycles. The molecular weight excluding hydrogens is 416 g/mol. The van der Waals surface area contributed by atoms with Gasteiger partial charge in [-0.25, -0.2) is 13.8 Å². The summed E-state index contributed by atoms with van der Waals surface area (Å²) in [4.78, 5) is 16.6. The fourth-order valence-electron chi connectivity index (χ4n) is 2.70. The lowest BCUT2D eigenvalue weighted by molar-refractivity contribution is -0.119. The molecule has 9 heteroatoms. The summed E-state index contributed by atoms with van der Waals surface area (Å²) >= 11 is 0. The Labute approximate surface area is 181 Å². The minimum atomic E-state index is -3.98. The molecule has 1 amide bonds. The first-order chi connectivity index (χ1) is 15.0. The zero-order valence-corrected chi connectivity index (χ0v) is 17.7. The molecule has 3 aromatic rings. The van der Waals surface area contributed by atoms with Crippen LogP contribution in [0.5, 0.6) is 5.75 Å². The van der Waals surface area contributed by atoms with Crippen LogP contribution in [0, 0.1) is 0 Å². The Bertz CT molecular complexity index is 1120. The number of aromatic nitrogens is 1. The molecule has 0 atom stereocenters. The van der Waals surface area contributed by atoms with Crippen molar-refractivity contribution in [3.05, 3.63) is 84.7 Å². The van der Waals surface area contributed by atoms with Gasteiger partial charge in [-0.15, -0.1) is 0 Å². The van der Waals surface area contributed by atoms with Gasteiger partial charge in [0.05, 0.1) is 29.1 Å². The van der Waals surface area contributed by atoms with E-state index in [-0.39, 0.29) is 4.90 Å². The van der Waals surface area contributed by atoms with Gasteiger partial charge in [0.1, 0.15) is 12.3 Å². The molecule has 0 saturated carbocycles. The van der Waals surface area contributed by atoms with E-state index in [4.69, 9.17) is 4.74 Å². The van der Waals surface area contributed by atoms with Crippen LogP contribution < -0.4 is 14.5 Å². The Morgan fingerprint density at radius 1 is 1.06 bits per heavy atom. The predicted octanol–water partition coefficient (Wildman–Crippen LogP) is 2.83. The van der Waals surface area contributed by atoms with Crippen LogP contribution in [-0.2, 0) is 14.8 Å². The van der Waals surface area contributed by atoms with Crippen molar-refractivity contribution in [2.24, 2.45) is 5.10 Å². The minimum absolute atomic E-state index is 0.0775. The van der Waals surface area contributed by atoms with Crippen LogP contribution in [0.3, 0.4) is 0 Å². The molecule has 160 valence electrons. The minimum Gasteiger partial charge on any atom is -0.494 e. The third kappa shape index (κ3) is 5.89. The fraction of sp³-hybridized carbons (Fsp3) is 0.136. The maximum atomic E-state index is 13.2. The molecule has 0 spiro atoms. The molecule has 1 aromatic heterocycles. The van der Waals surface area contributed by atoms with E-state index in [1.807, 2.05) is 6.92 Å². The predicted molar refractivity (Wildman–Crippen MR) is 119 cm³/mol. The molecular formula is C22H22N4O4S. The third-order valence-electron chi connectivity index (χ3n) is 4.13. The topological polar surface area (TPSA) is 101 Å². The van der Waals surface area contributed by atoms with Gasteiger partial charge < -0.3 is 4.74 Å². The number of carbonyl (C=O) groups excluding carboxylic acids is 1. The molecule has 8 nitrogen and oxygen atoms in total. The molecule has 0 bridgehead atoms. The quantitative estimate of drug-likeness (QED) is 0.409. The zero-order valence-electron chi connectivity index (χ0n) is 16.9. The second kappa shape index (κ2) is 10.4. The van der Waals surface area contributed by atoms with Gasteiger partial charge in [0.15, 0.2) is 0 Å². The summed E-state index contributed by atoms with van der Waals surface area (Å²) in [5, 5.41) is 3.85. The summed E-state index contributed by atoms with van der Waals surface area (Å²) < 4.78 is 32.9. The van der Waals surface area contributed by atoms with Crippen LogP contribution in [0.2, 0.25) is 0 Å². The van der Waals surface area contributed by atoms with Crippen molar-refractivity contribution in [3.63, 3.8) is 0 Å². The van der Waals surface area contributed by atoms with E-state index in [2.05, 4.69) is 15.5 Å². The van der Waals surface area contributed by atoms with E-state index in [1.165, 1.54) is 18.3 Å². The van der Waals surface area contributed by atoms with Gasteiger partial charge in [0.2, 0.25) is 0 Å². The van der Waals surface area contributed by atoms with Gasteiger partial charge >= 0.3 is 0 Å². The first-order valence-electron chi connectivity index (χ1n) is 9.54. The van der Waals surface area contributed by atoms with Crippen molar-refractivity contribution in [3.8, 4) is 5.75 Å². The van der Waals surface area contributed by atoms with E-state index in [1.54, 1.807) is 66.9 Å². The van der Waals surface area contributed by atoms with Gasteiger partial charge in [-0.3, -0.25) is 14.1 Å². The highest BCUT2D eigenvalue weighted by atomic mass is 32.2. The van der Waals surface area contributed by atoms with E-state index < -0.39 is 22.5 Å². The molecule has 3 rings (SSSR count). The van der Waals surface area contributed by atoms with Crippen LogP contribution >= 0.6 is 0 Å². The Balaban J connectivity index is 1.83. The average molecular weight is 439 g/mol. The Morgan fingerprint density at radius 2 is 1.77 bits per heavy atom. The van der Waals surface area contributed by atoms with Crippen molar-refractivity contribution < 1.29 is 17.9 Å². The summed E-state index contributed by atoms with van der Waals surface area (Å²) in [5.74, 6) is 0.00768. The number of anilines is 1. The maximum absolute atomic E-state index is 13.2. The summed E-state index contributed by atoms with van der Waals surface area (Å²) in [5.41, 5.74) is 3.23. The number of hydrogen-bond donors (Lipinski definition) is 1. The first kappa shape index (κ1) is 22.0. The Morgan fingerprint density at radius 3 is 2.42 bits per heavy atom. The monoisotopic (exact) mass is 438 g/mol. The lowest BCUT2D eigenvalue weighted by atomic mass is 10.3. The molecule has 0 aliphatic rings. The molecule has 0 unspecified atom stereocenters. The van der Waals surface area contributed by atoms with Gasteiger partial charge in [-0.2, -0.15) is 5.10 Å². The molecule has 0 aliphatic heterocycles. The van der Waals surface area contributed by atoms with Gasteiger partial charge in [-0.05, 0) is 55.5 Å². The van der Waals surface area contributed by atoms with Gasteiger partial charge in [0.25, 0.3) is 15.9 Å². The van der Waals surface area contributed by atoms with E-state index in [0.717, 1.165) is 4.31 Å². The zero-order chi connectivity index (χ0) is 22.1. The second-order valence-corrected chi connectivity index (χ2v) is 8.16. The van der Waals surface area contributed by atoms with Crippen LogP contribution in [0.1, 0.15) is 12.6 Å². The number of carbonyl (C=O) groups is 1. The average Bonchev–Trinajstić information content (AvgIpc) is 2.79. The van der Waals surface area contributed by atoms with Crippen molar-refractivity contribution in [2.75, 3.05) is 17.5 Å². The number of hydrazone groups is 1. The lowest BCUT2D eigenvalue weighted by Gasteiger charge is -2.24. The smallest absolute Gasteiger partial charge is 0.264 e. The number of benzene rings is 2. The molecule has 0 fully saturated rings. The first-order valence-corrected chi connectivity index (χ1v) is 11.0. The van der Waals surface area contributed by atoms with E-state index in [9.17, 15) is 13.2 Å². The highest BCUT2D eigenvalue weighted by Crippen LogP contribution is 2.25. The molecule has 0 saturated heterocycles. The van der Waals surface area contributed by atoms with Crippen molar-refractivity contribution >= 4 is 27.8 Å². The van der Waals surface area contributed by atoms with E-state index in [0.29, 0.717) is 23.7 Å². The molecule has 2 aromatic carbocycles. The highest BCUT2D eigenvalue weighted by molar-refractivity contribution is 7.92. The number of nitrogens with zero attached hydrogens (tertiary/aromatic N) is 3. The van der Waals surface area contributed by atoms with Crippen LogP contribution in [-0.4, -0.2) is 38.7 Å². The highest BCUT2D eigenvalue weighted by Gasteiger charge is 2.27. The normalized spacial score (nSPS) is 11.3. The standard InChI is InChI=1S/C22H22N4O4S/c1-2-30-20-13-11-19(12-14-20)26(31(28,29)21-9-4-3-5-10-21)17-22(27)25-24-16-18-8-6-7-15-23-18/h3-16H,2,17H2,1H3,(H,25,27)/b24-16+.